The number of imidazole rings is 1. The quantitative estimate of drug-likeness (QED) is 0.188. The van der Waals surface area contributed by atoms with Gasteiger partial charge in [0.1, 0.15) is 18.2 Å². The summed E-state index contributed by atoms with van der Waals surface area (Å²) in [5.74, 6) is 2.70. The Morgan fingerprint density at radius 3 is 2.86 bits per heavy atom. The van der Waals surface area contributed by atoms with Crippen LogP contribution in [0.15, 0.2) is 52.1 Å². The first-order valence-electron chi connectivity index (χ1n) is 9.82. The number of nitrogens with zero attached hydrogens (tertiary/aromatic N) is 3. The predicted molar refractivity (Wildman–Crippen MR) is 127 cm³/mol. The van der Waals surface area contributed by atoms with Crippen molar-refractivity contribution in [3.63, 3.8) is 0 Å². The predicted octanol–water partition coefficient (Wildman–Crippen LogP) is 3.72. The van der Waals surface area contributed by atoms with E-state index in [-0.39, 0.29) is 24.0 Å². The Balaban J connectivity index is 0.00000300. The average Bonchev–Trinajstić information content (AvgIpc) is 3.32. The third kappa shape index (κ3) is 7.04. The molecule has 0 spiro atoms. The maximum absolute atomic E-state index is 5.59. The Kier molecular flexibility index (Phi) is 9.99. The Morgan fingerprint density at radius 1 is 1.21 bits per heavy atom. The van der Waals surface area contributed by atoms with Gasteiger partial charge in [0.2, 0.25) is 0 Å². The number of para-hydroxylation sites is 2. The van der Waals surface area contributed by atoms with Gasteiger partial charge in [-0.3, -0.25) is 4.99 Å². The summed E-state index contributed by atoms with van der Waals surface area (Å²) in [6, 6.07) is 12.0. The molecule has 0 radical (unpaired) electrons. The molecule has 0 unspecified atom stereocenters. The summed E-state index contributed by atoms with van der Waals surface area (Å²) in [6.45, 7) is 8.43. The molecule has 0 amide bonds. The van der Waals surface area contributed by atoms with Crippen LogP contribution in [0.5, 0.6) is 0 Å². The summed E-state index contributed by atoms with van der Waals surface area (Å²) in [5, 5.41) is 6.68. The fourth-order valence-corrected chi connectivity index (χ4v) is 3.03. The van der Waals surface area contributed by atoms with E-state index in [4.69, 9.17) is 9.15 Å². The van der Waals surface area contributed by atoms with Crippen molar-refractivity contribution in [2.45, 2.75) is 33.4 Å². The summed E-state index contributed by atoms with van der Waals surface area (Å²) < 4.78 is 13.1. The van der Waals surface area contributed by atoms with Crippen molar-refractivity contribution in [1.29, 1.82) is 0 Å². The molecule has 158 valence electrons. The number of benzene rings is 1. The molecule has 0 fully saturated rings. The van der Waals surface area contributed by atoms with Gasteiger partial charge in [-0.2, -0.15) is 0 Å². The van der Waals surface area contributed by atoms with E-state index in [0.717, 1.165) is 54.6 Å². The van der Waals surface area contributed by atoms with E-state index in [1.165, 1.54) is 0 Å². The van der Waals surface area contributed by atoms with Gasteiger partial charge in [0.25, 0.3) is 0 Å². The molecular weight excluding hydrogens is 481 g/mol. The van der Waals surface area contributed by atoms with Gasteiger partial charge < -0.3 is 24.4 Å². The van der Waals surface area contributed by atoms with Crippen LogP contribution in [-0.2, 0) is 17.9 Å². The molecule has 2 aromatic heterocycles. The Hall–Kier alpha value is -2.07. The molecule has 3 aromatic rings. The Labute approximate surface area is 189 Å². The van der Waals surface area contributed by atoms with Crippen molar-refractivity contribution in [3.8, 4) is 0 Å². The van der Waals surface area contributed by atoms with Crippen LogP contribution in [0.4, 0.5) is 0 Å². The number of halogens is 1. The third-order valence-corrected chi connectivity index (χ3v) is 4.36. The molecular formula is C21H30IN5O2. The average molecular weight is 511 g/mol. The number of ether oxygens (including phenoxy) is 1. The highest BCUT2D eigenvalue weighted by atomic mass is 127. The van der Waals surface area contributed by atoms with E-state index in [1.807, 2.05) is 37.3 Å². The van der Waals surface area contributed by atoms with E-state index in [2.05, 4.69) is 38.2 Å². The van der Waals surface area contributed by atoms with E-state index >= 15 is 0 Å². The van der Waals surface area contributed by atoms with Crippen molar-refractivity contribution in [1.82, 2.24) is 20.2 Å². The van der Waals surface area contributed by atoms with Gasteiger partial charge >= 0.3 is 0 Å². The normalized spacial score (nSPS) is 11.4. The Morgan fingerprint density at radius 2 is 2.07 bits per heavy atom. The molecule has 8 heteroatoms. The van der Waals surface area contributed by atoms with Crippen LogP contribution in [0.1, 0.15) is 24.9 Å². The molecule has 2 N–H and O–H groups in total. The highest BCUT2D eigenvalue weighted by molar-refractivity contribution is 14.0. The van der Waals surface area contributed by atoms with Crippen LogP contribution in [-0.4, -0.2) is 41.8 Å². The minimum absolute atomic E-state index is 0. The number of nitrogens with one attached hydrogen (secondary N) is 2. The summed E-state index contributed by atoms with van der Waals surface area (Å²) in [5.41, 5.74) is 2.20. The molecule has 7 nitrogen and oxygen atoms in total. The molecule has 29 heavy (non-hydrogen) atoms. The monoisotopic (exact) mass is 511 g/mol. The van der Waals surface area contributed by atoms with Gasteiger partial charge in [-0.05, 0) is 44.5 Å². The first kappa shape index (κ1) is 23.2. The van der Waals surface area contributed by atoms with Gasteiger partial charge in [0, 0.05) is 32.8 Å². The fourth-order valence-electron chi connectivity index (χ4n) is 3.03. The number of guanidine groups is 1. The highest BCUT2D eigenvalue weighted by Crippen LogP contribution is 2.14. The second-order valence-corrected chi connectivity index (χ2v) is 6.47. The van der Waals surface area contributed by atoms with Gasteiger partial charge in [-0.15, -0.1) is 24.0 Å². The summed E-state index contributed by atoms with van der Waals surface area (Å²) in [7, 11) is 0. The smallest absolute Gasteiger partial charge is 0.191 e. The molecule has 0 saturated carbocycles. The number of fused-ring (bicyclic) bond motifs is 1. The molecule has 0 bridgehead atoms. The largest absolute Gasteiger partial charge is 0.467 e. The number of hydrogen-bond acceptors (Lipinski definition) is 4. The van der Waals surface area contributed by atoms with Crippen molar-refractivity contribution in [2.75, 3.05) is 26.2 Å². The summed E-state index contributed by atoms with van der Waals surface area (Å²) in [6.07, 6.45) is 2.52. The van der Waals surface area contributed by atoms with Crippen molar-refractivity contribution >= 4 is 41.0 Å². The molecule has 0 aliphatic rings. The van der Waals surface area contributed by atoms with Crippen LogP contribution in [0, 0.1) is 6.92 Å². The molecule has 0 atom stereocenters. The lowest BCUT2D eigenvalue weighted by Gasteiger charge is -2.13. The molecule has 0 aliphatic heterocycles. The van der Waals surface area contributed by atoms with Gasteiger partial charge in [-0.1, -0.05) is 12.1 Å². The maximum Gasteiger partial charge on any atom is 0.191 e. The lowest BCUT2D eigenvalue weighted by molar-refractivity contribution is 0.105. The highest BCUT2D eigenvalue weighted by Gasteiger charge is 2.06. The molecule has 2 heterocycles. The first-order valence-corrected chi connectivity index (χ1v) is 9.82. The van der Waals surface area contributed by atoms with E-state index in [9.17, 15) is 0 Å². The van der Waals surface area contributed by atoms with Crippen LogP contribution in [0.25, 0.3) is 11.0 Å². The third-order valence-electron chi connectivity index (χ3n) is 4.36. The minimum atomic E-state index is 0. The molecule has 3 rings (SSSR count). The fraction of sp³-hybridized carbons (Fsp3) is 0.429. The summed E-state index contributed by atoms with van der Waals surface area (Å²) in [4.78, 5) is 9.23. The standard InChI is InChI=1S/C21H29N5O2.HI/c1-3-22-21(23-11-7-14-27-16-18-8-6-15-28-18)24-12-13-26-17(2)25-19-9-4-5-10-20(19)26;/h4-6,8-10,15H,3,7,11-14,16H2,1-2H3,(H2,22,23,24);1H. The van der Waals surface area contributed by atoms with Gasteiger partial charge in [0.05, 0.1) is 17.3 Å². The zero-order valence-electron chi connectivity index (χ0n) is 17.1. The zero-order valence-corrected chi connectivity index (χ0v) is 19.4. The number of aromatic nitrogens is 2. The second-order valence-electron chi connectivity index (χ2n) is 6.47. The van der Waals surface area contributed by atoms with Gasteiger partial charge in [-0.25, -0.2) is 4.98 Å². The first-order chi connectivity index (χ1) is 13.8. The molecule has 0 aliphatic carbocycles. The maximum atomic E-state index is 5.59. The van der Waals surface area contributed by atoms with Crippen molar-refractivity contribution < 1.29 is 9.15 Å². The van der Waals surface area contributed by atoms with Crippen molar-refractivity contribution in [3.05, 3.63) is 54.2 Å². The van der Waals surface area contributed by atoms with E-state index in [1.54, 1.807) is 6.26 Å². The number of rotatable bonds is 10. The topological polar surface area (TPSA) is 76.6 Å². The summed E-state index contributed by atoms with van der Waals surface area (Å²) >= 11 is 0. The van der Waals surface area contributed by atoms with Crippen LogP contribution < -0.4 is 10.6 Å². The second kappa shape index (κ2) is 12.5. The Bertz CT molecular complexity index is 876. The van der Waals surface area contributed by atoms with Crippen molar-refractivity contribution in [2.24, 2.45) is 4.99 Å². The van der Waals surface area contributed by atoms with Crippen LogP contribution >= 0.6 is 24.0 Å². The number of furan rings is 1. The van der Waals surface area contributed by atoms with Crippen LogP contribution in [0.2, 0.25) is 0 Å². The van der Waals surface area contributed by atoms with E-state index in [0.29, 0.717) is 19.8 Å². The molecule has 1 aromatic carbocycles. The lowest BCUT2D eigenvalue weighted by atomic mass is 10.3. The lowest BCUT2D eigenvalue weighted by Crippen LogP contribution is -2.39. The SMILES string of the molecule is CCNC(=NCCCOCc1ccco1)NCCn1c(C)nc2ccccc21.I. The zero-order chi connectivity index (χ0) is 19.6. The molecule has 0 saturated heterocycles. The number of aliphatic imine (C=N–C) groups is 1. The van der Waals surface area contributed by atoms with Crippen LogP contribution in [0.3, 0.4) is 0 Å². The van der Waals surface area contributed by atoms with E-state index < -0.39 is 0 Å². The number of aryl methyl sites for hydroxylation is 1. The minimum Gasteiger partial charge on any atom is -0.467 e. The number of hydrogen-bond donors (Lipinski definition) is 2. The van der Waals surface area contributed by atoms with Gasteiger partial charge in [0.15, 0.2) is 5.96 Å².